The number of carbonyl (C=O) groups is 1. The molecule has 1 aromatic carbocycles. The summed E-state index contributed by atoms with van der Waals surface area (Å²) in [7, 11) is 1.30. The van der Waals surface area contributed by atoms with Crippen LogP contribution in [0.3, 0.4) is 0 Å². The van der Waals surface area contributed by atoms with Gasteiger partial charge in [0, 0.05) is 0 Å². The zero-order valence-corrected chi connectivity index (χ0v) is 13.6. The van der Waals surface area contributed by atoms with Crippen LogP contribution >= 0.6 is 11.3 Å². The molecule has 0 unspecified atom stereocenters. The van der Waals surface area contributed by atoms with Gasteiger partial charge in [-0.2, -0.15) is 0 Å². The molecule has 0 spiro atoms. The summed E-state index contributed by atoms with van der Waals surface area (Å²) < 4.78 is 10.2. The summed E-state index contributed by atoms with van der Waals surface area (Å²) in [4.78, 5) is 11.1. The van der Waals surface area contributed by atoms with E-state index in [1.54, 1.807) is 0 Å². The summed E-state index contributed by atoms with van der Waals surface area (Å²) in [6.45, 7) is 4.68. The Kier molecular flexibility index (Phi) is 5.71. The highest BCUT2D eigenvalue weighted by molar-refractivity contribution is 7.15. The zero-order chi connectivity index (χ0) is 15.9. The van der Waals surface area contributed by atoms with E-state index in [9.17, 15) is 4.79 Å². The Labute approximate surface area is 133 Å². The van der Waals surface area contributed by atoms with Crippen molar-refractivity contribution in [2.45, 2.75) is 32.8 Å². The fourth-order valence-corrected chi connectivity index (χ4v) is 2.41. The highest BCUT2D eigenvalue weighted by Crippen LogP contribution is 2.23. The SMILES string of the molecule is CC[C@H](C)c1ccc(OCc2nnc(NC(=O)OC)s2)cc1. The number of hydrogen-bond acceptors (Lipinski definition) is 6. The average Bonchev–Trinajstić information content (AvgIpc) is 3.00. The normalized spacial score (nSPS) is 11.8. The van der Waals surface area contributed by atoms with E-state index in [-0.39, 0.29) is 0 Å². The van der Waals surface area contributed by atoms with Crippen LogP contribution < -0.4 is 10.1 Å². The molecule has 7 heteroatoms. The second-order valence-electron chi connectivity index (χ2n) is 4.78. The van der Waals surface area contributed by atoms with Crippen LogP contribution in [0, 0.1) is 0 Å². The lowest BCUT2D eigenvalue weighted by atomic mass is 9.99. The smallest absolute Gasteiger partial charge is 0.413 e. The van der Waals surface area contributed by atoms with Gasteiger partial charge in [-0.3, -0.25) is 5.32 Å². The van der Waals surface area contributed by atoms with E-state index in [1.165, 1.54) is 24.0 Å². The van der Waals surface area contributed by atoms with Crippen LogP contribution in [-0.4, -0.2) is 23.4 Å². The maximum atomic E-state index is 11.1. The molecule has 0 aliphatic heterocycles. The highest BCUT2D eigenvalue weighted by Gasteiger charge is 2.08. The lowest BCUT2D eigenvalue weighted by molar-refractivity contribution is 0.187. The van der Waals surface area contributed by atoms with Crippen LogP contribution in [0.5, 0.6) is 5.75 Å². The van der Waals surface area contributed by atoms with Crippen LogP contribution in [-0.2, 0) is 11.3 Å². The number of amides is 1. The maximum Gasteiger partial charge on any atom is 0.413 e. The Balaban J connectivity index is 1.89. The fraction of sp³-hybridized carbons (Fsp3) is 0.400. The van der Waals surface area contributed by atoms with Gasteiger partial charge in [-0.1, -0.05) is 37.3 Å². The summed E-state index contributed by atoms with van der Waals surface area (Å²) in [6, 6.07) is 8.06. The fourth-order valence-electron chi connectivity index (χ4n) is 1.77. The minimum atomic E-state index is -0.566. The molecule has 1 aromatic heterocycles. The summed E-state index contributed by atoms with van der Waals surface area (Å²) in [5, 5.41) is 11.3. The van der Waals surface area contributed by atoms with Crippen LogP contribution in [0.25, 0.3) is 0 Å². The largest absolute Gasteiger partial charge is 0.486 e. The first-order chi connectivity index (χ1) is 10.6. The third-order valence-corrected chi connectivity index (χ3v) is 4.10. The third kappa shape index (κ3) is 4.42. The Bertz CT molecular complexity index is 613. The number of hydrogen-bond donors (Lipinski definition) is 1. The molecule has 2 rings (SSSR count). The van der Waals surface area contributed by atoms with Crippen molar-refractivity contribution < 1.29 is 14.3 Å². The van der Waals surface area contributed by atoms with Crippen molar-refractivity contribution in [3.8, 4) is 5.75 Å². The third-order valence-electron chi connectivity index (χ3n) is 3.29. The van der Waals surface area contributed by atoms with Crippen LogP contribution in [0.2, 0.25) is 0 Å². The number of nitrogens with zero attached hydrogens (tertiary/aromatic N) is 2. The van der Waals surface area contributed by atoms with Gasteiger partial charge in [0.1, 0.15) is 12.4 Å². The number of carbonyl (C=O) groups excluding carboxylic acids is 1. The number of benzene rings is 1. The lowest BCUT2D eigenvalue weighted by Crippen LogP contribution is -2.10. The van der Waals surface area contributed by atoms with Crippen molar-refractivity contribution in [3.63, 3.8) is 0 Å². The van der Waals surface area contributed by atoms with Crippen molar-refractivity contribution in [3.05, 3.63) is 34.8 Å². The van der Waals surface area contributed by atoms with E-state index < -0.39 is 6.09 Å². The van der Waals surface area contributed by atoms with E-state index in [1.807, 2.05) is 12.1 Å². The Hall–Kier alpha value is -2.15. The molecule has 1 N–H and O–H groups in total. The molecule has 0 radical (unpaired) electrons. The number of aromatic nitrogens is 2. The topological polar surface area (TPSA) is 73.3 Å². The molecule has 1 heterocycles. The summed E-state index contributed by atoms with van der Waals surface area (Å²) >= 11 is 1.25. The Morgan fingerprint density at radius 1 is 1.32 bits per heavy atom. The Morgan fingerprint density at radius 3 is 2.68 bits per heavy atom. The molecule has 0 aliphatic carbocycles. The van der Waals surface area contributed by atoms with E-state index in [0.717, 1.165) is 12.2 Å². The number of methoxy groups -OCH3 is 1. The second kappa shape index (κ2) is 7.74. The molecular formula is C15H19N3O3S. The van der Waals surface area contributed by atoms with E-state index >= 15 is 0 Å². The molecule has 1 atom stereocenters. The molecule has 0 fully saturated rings. The predicted molar refractivity (Wildman–Crippen MR) is 85.4 cm³/mol. The van der Waals surface area contributed by atoms with Crippen molar-refractivity contribution in [1.82, 2.24) is 10.2 Å². The maximum absolute atomic E-state index is 11.1. The summed E-state index contributed by atoms with van der Waals surface area (Å²) in [6.07, 6.45) is 0.547. The molecule has 0 saturated heterocycles. The van der Waals surface area contributed by atoms with Gasteiger partial charge in [0.15, 0.2) is 5.01 Å². The molecule has 0 bridgehead atoms. The summed E-state index contributed by atoms with van der Waals surface area (Å²) in [5.41, 5.74) is 1.30. The van der Waals surface area contributed by atoms with Crippen LogP contribution in [0.4, 0.5) is 9.93 Å². The quantitative estimate of drug-likeness (QED) is 0.876. The van der Waals surface area contributed by atoms with Crippen molar-refractivity contribution in [2.75, 3.05) is 12.4 Å². The van der Waals surface area contributed by atoms with Gasteiger partial charge >= 0.3 is 6.09 Å². The molecular weight excluding hydrogens is 302 g/mol. The number of rotatable bonds is 6. The number of ether oxygens (including phenoxy) is 2. The molecule has 1 amide bonds. The van der Waals surface area contributed by atoms with E-state index in [4.69, 9.17) is 4.74 Å². The average molecular weight is 321 g/mol. The predicted octanol–water partition coefficient (Wildman–Crippen LogP) is 3.81. The monoisotopic (exact) mass is 321 g/mol. The van der Waals surface area contributed by atoms with Gasteiger partial charge < -0.3 is 9.47 Å². The first-order valence-corrected chi connectivity index (χ1v) is 7.84. The molecule has 2 aromatic rings. The molecule has 6 nitrogen and oxygen atoms in total. The van der Waals surface area contributed by atoms with Gasteiger partial charge in [0.05, 0.1) is 7.11 Å². The van der Waals surface area contributed by atoms with Gasteiger partial charge in [0.2, 0.25) is 5.13 Å². The zero-order valence-electron chi connectivity index (χ0n) is 12.8. The second-order valence-corrected chi connectivity index (χ2v) is 5.85. The van der Waals surface area contributed by atoms with Crippen LogP contribution in [0.15, 0.2) is 24.3 Å². The van der Waals surface area contributed by atoms with Gasteiger partial charge in [0.25, 0.3) is 0 Å². The highest BCUT2D eigenvalue weighted by atomic mass is 32.1. The minimum absolute atomic E-state index is 0.309. The lowest BCUT2D eigenvalue weighted by Gasteiger charge is -2.10. The molecule has 118 valence electrons. The van der Waals surface area contributed by atoms with Crippen molar-refractivity contribution >= 4 is 22.6 Å². The van der Waals surface area contributed by atoms with Gasteiger partial charge in [-0.25, -0.2) is 4.79 Å². The van der Waals surface area contributed by atoms with Crippen LogP contribution in [0.1, 0.15) is 36.8 Å². The van der Waals surface area contributed by atoms with Gasteiger partial charge in [-0.05, 0) is 30.0 Å². The number of nitrogens with one attached hydrogen (secondary N) is 1. The van der Waals surface area contributed by atoms with Crippen molar-refractivity contribution in [2.24, 2.45) is 0 Å². The van der Waals surface area contributed by atoms with E-state index in [0.29, 0.717) is 22.7 Å². The van der Waals surface area contributed by atoms with E-state index in [2.05, 4.69) is 46.2 Å². The molecule has 22 heavy (non-hydrogen) atoms. The van der Waals surface area contributed by atoms with Crippen molar-refractivity contribution in [1.29, 1.82) is 0 Å². The summed E-state index contributed by atoms with van der Waals surface area (Å²) in [5.74, 6) is 1.33. The molecule has 0 aliphatic rings. The van der Waals surface area contributed by atoms with Gasteiger partial charge in [-0.15, -0.1) is 10.2 Å². The first-order valence-electron chi connectivity index (χ1n) is 7.02. The number of anilines is 1. The standard InChI is InChI=1S/C15H19N3O3S/c1-4-10(2)11-5-7-12(8-6-11)21-9-13-17-18-14(22-13)16-15(19)20-3/h5-8,10H,4,9H2,1-3H3,(H,16,18,19)/t10-/m0/s1. The minimum Gasteiger partial charge on any atom is -0.486 e. The first kappa shape index (κ1) is 16.2. The molecule has 0 saturated carbocycles. The Morgan fingerprint density at radius 2 is 2.05 bits per heavy atom.